The van der Waals surface area contributed by atoms with Crippen LogP contribution in [0.1, 0.15) is 50.2 Å². The van der Waals surface area contributed by atoms with Crippen LogP contribution in [0.2, 0.25) is 0 Å². The van der Waals surface area contributed by atoms with Crippen molar-refractivity contribution in [1.82, 2.24) is 14.5 Å². The average molecular weight is 484 g/mol. The average Bonchev–Trinajstić information content (AvgIpc) is 2.83. The molecule has 1 saturated carbocycles. The highest BCUT2D eigenvalue weighted by Crippen LogP contribution is 2.30. The fraction of sp³-hybridized carbons (Fsp3) is 0.462. The van der Waals surface area contributed by atoms with Gasteiger partial charge in [0.25, 0.3) is 0 Å². The van der Waals surface area contributed by atoms with E-state index >= 15 is 0 Å². The smallest absolute Gasteiger partial charge is 0.247 e. The Morgan fingerprint density at radius 3 is 2.35 bits per heavy atom. The topological polar surface area (TPSA) is 86.8 Å². The molecule has 0 spiro atoms. The summed E-state index contributed by atoms with van der Waals surface area (Å²) in [5, 5.41) is 3.14. The third kappa shape index (κ3) is 4.88. The number of benzene rings is 2. The molecule has 1 atom stereocenters. The zero-order valence-corrected chi connectivity index (χ0v) is 20.7. The number of sulfonamides is 1. The van der Waals surface area contributed by atoms with Crippen LogP contribution in [0.25, 0.3) is 0 Å². The highest BCUT2D eigenvalue weighted by molar-refractivity contribution is 7.89. The third-order valence-electron chi connectivity index (χ3n) is 7.09. The molecule has 4 rings (SSSR count). The summed E-state index contributed by atoms with van der Waals surface area (Å²) in [6.07, 6.45) is 5.08. The molecule has 1 aliphatic carbocycles. The number of piperazine rings is 1. The van der Waals surface area contributed by atoms with Crippen molar-refractivity contribution in [3.8, 4) is 0 Å². The van der Waals surface area contributed by atoms with Crippen LogP contribution in [-0.4, -0.2) is 54.1 Å². The number of carbonyl (C=O) groups is 2. The molecule has 2 aromatic rings. The van der Waals surface area contributed by atoms with Crippen molar-refractivity contribution >= 4 is 21.8 Å². The van der Waals surface area contributed by atoms with Crippen LogP contribution in [-0.2, 0) is 26.2 Å². The molecule has 7 nitrogen and oxygen atoms in total. The fourth-order valence-electron chi connectivity index (χ4n) is 4.91. The van der Waals surface area contributed by atoms with Gasteiger partial charge in [0.2, 0.25) is 21.8 Å². The zero-order valence-electron chi connectivity index (χ0n) is 19.9. The van der Waals surface area contributed by atoms with Crippen LogP contribution >= 0.6 is 0 Å². The maximum Gasteiger partial charge on any atom is 0.247 e. The first kappa shape index (κ1) is 24.4. The Kier molecular flexibility index (Phi) is 7.09. The van der Waals surface area contributed by atoms with E-state index in [1.807, 2.05) is 31.2 Å². The Morgan fingerprint density at radius 1 is 1.03 bits per heavy atom. The standard InChI is InChI=1S/C26H33N3O4S/c1-20-11-9-10-12-21(20)17-29-24(30)18-28(34(32,33)23-15-7-4-8-16-23)19-26(29,2)25(31)27-22-13-5-3-6-14-22/h4,7-12,15-16,22H,3,5-6,13-14,17-19H2,1-2H3,(H,27,31). The monoisotopic (exact) mass is 483 g/mol. The molecule has 0 radical (unpaired) electrons. The number of carbonyl (C=O) groups excluding carboxylic acids is 2. The summed E-state index contributed by atoms with van der Waals surface area (Å²) in [6, 6.07) is 15.9. The number of nitrogens with zero attached hydrogens (tertiary/aromatic N) is 2. The van der Waals surface area contributed by atoms with Crippen molar-refractivity contribution in [2.45, 2.75) is 69.0 Å². The Hall–Kier alpha value is -2.71. The maximum atomic E-state index is 13.7. The maximum absolute atomic E-state index is 13.7. The Bertz CT molecular complexity index is 1150. The van der Waals surface area contributed by atoms with Gasteiger partial charge in [-0.25, -0.2) is 8.42 Å². The second-order valence-electron chi connectivity index (χ2n) is 9.57. The van der Waals surface area contributed by atoms with Crippen LogP contribution in [0.4, 0.5) is 0 Å². The van der Waals surface area contributed by atoms with Crippen molar-refractivity contribution in [3.63, 3.8) is 0 Å². The largest absolute Gasteiger partial charge is 0.351 e. The van der Waals surface area contributed by atoms with E-state index in [-0.39, 0.29) is 42.4 Å². The molecule has 1 unspecified atom stereocenters. The molecular weight excluding hydrogens is 450 g/mol. The molecule has 8 heteroatoms. The number of hydrogen-bond acceptors (Lipinski definition) is 4. The summed E-state index contributed by atoms with van der Waals surface area (Å²) in [7, 11) is -3.93. The lowest BCUT2D eigenvalue weighted by atomic mass is 9.91. The van der Waals surface area contributed by atoms with Crippen LogP contribution in [0.15, 0.2) is 59.5 Å². The summed E-state index contributed by atoms with van der Waals surface area (Å²) >= 11 is 0. The first-order chi connectivity index (χ1) is 16.2. The molecule has 1 saturated heterocycles. The minimum absolute atomic E-state index is 0.0506. The predicted molar refractivity (Wildman–Crippen MR) is 130 cm³/mol. The molecule has 2 aromatic carbocycles. The highest BCUT2D eigenvalue weighted by Gasteiger charge is 2.50. The van der Waals surface area contributed by atoms with Gasteiger partial charge in [0.05, 0.1) is 11.4 Å². The summed E-state index contributed by atoms with van der Waals surface area (Å²) in [5.74, 6) is -0.676. The summed E-state index contributed by atoms with van der Waals surface area (Å²) in [4.78, 5) is 28.8. The highest BCUT2D eigenvalue weighted by atomic mass is 32.2. The Morgan fingerprint density at radius 2 is 1.68 bits per heavy atom. The van der Waals surface area contributed by atoms with Gasteiger partial charge in [-0.3, -0.25) is 9.59 Å². The molecule has 2 aliphatic rings. The minimum atomic E-state index is -3.93. The van der Waals surface area contributed by atoms with E-state index in [2.05, 4.69) is 5.32 Å². The van der Waals surface area contributed by atoms with E-state index < -0.39 is 15.6 Å². The molecule has 1 aliphatic heterocycles. The second kappa shape index (κ2) is 9.88. The fourth-order valence-corrected chi connectivity index (χ4v) is 6.41. The molecule has 34 heavy (non-hydrogen) atoms. The lowest BCUT2D eigenvalue weighted by Gasteiger charge is -2.47. The minimum Gasteiger partial charge on any atom is -0.351 e. The number of amides is 2. The quantitative estimate of drug-likeness (QED) is 0.683. The summed E-state index contributed by atoms with van der Waals surface area (Å²) in [5.41, 5.74) is 0.619. The predicted octanol–water partition coefficient (Wildman–Crippen LogP) is 3.24. The van der Waals surface area contributed by atoms with Crippen LogP contribution in [0.3, 0.4) is 0 Å². The van der Waals surface area contributed by atoms with E-state index in [1.165, 1.54) is 12.1 Å². The molecule has 2 fully saturated rings. The molecule has 0 aromatic heterocycles. The van der Waals surface area contributed by atoms with Crippen LogP contribution < -0.4 is 5.32 Å². The van der Waals surface area contributed by atoms with Gasteiger partial charge in [0, 0.05) is 19.1 Å². The number of rotatable bonds is 6. The number of hydrogen-bond donors (Lipinski definition) is 1. The van der Waals surface area contributed by atoms with E-state index in [0.717, 1.165) is 47.5 Å². The van der Waals surface area contributed by atoms with Gasteiger partial charge in [-0.15, -0.1) is 0 Å². The lowest BCUT2D eigenvalue weighted by molar-refractivity contribution is -0.154. The lowest BCUT2D eigenvalue weighted by Crippen LogP contribution is -2.70. The molecule has 182 valence electrons. The second-order valence-corrected chi connectivity index (χ2v) is 11.5. The van der Waals surface area contributed by atoms with Crippen molar-refractivity contribution < 1.29 is 18.0 Å². The van der Waals surface area contributed by atoms with Gasteiger partial charge < -0.3 is 10.2 Å². The van der Waals surface area contributed by atoms with Crippen molar-refractivity contribution in [2.75, 3.05) is 13.1 Å². The van der Waals surface area contributed by atoms with E-state index in [0.29, 0.717) is 0 Å². The van der Waals surface area contributed by atoms with Gasteiger partial charge in [-0.1, -0.05) is 61.7 Å². The molecule has 1 heterocycles. The Balaban J connectivity index is 1.67. The summed E-state index contributed by atoms with van der Waals surface area (Å²) in [6.45, 7) is 3.51. The van der Waals surface area contributed by atoms with Gasteiger partial charge in [0.1, 0.15) is 5.54 Å². The SMILES string of the molecule is Cc1ccccc1CN1C(=O)CN(S(=O)(=O)c2ccccc2)CC1(C)C(=O)NC1CCCCC1. The van der Waals surface area contributed by atoms with Crippen molar-refractivity contribution in [3.05, 3.63) is 65.7 Å². The molecule has 0 bridgehead atoms. The number of nitrogens with one attached hydrogen (secondary N) is 1. The third-order valence-corrected chi connectivity index (χ3v) is 8.90. The molecule has 2 amide bonds. The van der Waals surface area contributed by atoms with Crippen LogP contribution in [0.5, 0.6) is 0 Å². The normalized spacial score (nSPS) is 22.5. The van der Waals surface area contributed by atoms with Gasteiger partial charge >= 0.3 is 0 Å². The molecule has 1 N–H and O–H groups in total. The van der Waals surface area contributed by atoms with Crippen molar-refractivity contribution in [2.24, 2.45) is 0 Å². The van der Waals surface area contributed by atoms with Crippen LogP contribution in [0, 0.1) is 6.92 Å². The zero-order chi connectivity index (χ0) is 24.3. The summed E-state index contributed by atoms with van der Waals surface area (Å²) < 4.78 is 27.9. The van der Waals surface area contributed by atoms with E-state index in [1.54, 1.807) is 30.0 Å². The molecular formula is C26H33N3O4S. The number of aryl methyl sites for hydroxylation is 1. The first-order valence-electron chi connectivity index (χ1n) is 11.9. The van der Waals surface area contributed by atoms with Crippen molar-refractivity contribution in [1.29, 1.82) is 0 Å². The van der Waals surface area contributed by atoms with E-state index in [9.17, 15) is 18.0 Å². The van der Waals surface area contributed by atoms with Gasteiger partial charge in [-0.05, 0) is 49.9 Å². The van der Waals surface area contributed by atoms with Gasteiger partial charge in [-0.2, -0.15) is 4.31 Å². The van der Waals surface area contributed by atoms with E-state index in [4.69, 9.17) is 0 Å². The first-order valence-corrected chi connectivity index (χ1v) is 13.4. The Labute approximate surface area is 202 Å². The van der Waals surface area contributed by atoms with Gasteiger partial charge in [0.15, 0.2) is 0 Å².